The van der Waals surface area contributed by atoms with E-state index >= 15 is 0 Å². The number of nitro groups is 1. The van der Waals surface area contributed by atoms with Crippen molar-refractivity contribution in [3.63, 3.8) is 0 Å². The summed E-state index contributed by atoms with van der Waals surface area (Å²) in [6.07, 6.45) is 1.49. The molecular formula is C17H11Cl2N3O3S. The number of halogens is 2. The minimum absolute atomic E-state index is 0.0266. The first-order chi connectivity index (χ1) is 12.4. The number of hydrogen-bond acceptors (Lipinski definition) is 4. The van der Waals surface area contributed by atoms with Crippen LogP contribution in [0.3, 0.4) is 0 Å². The van der Waals surface area contributed by atoms with Crippen molar-refractivity contribution < 1.29 is 9.72 Å². The quantitative estimate of drug-likeness (QED) is 0.356. The van der Waals surface area contributed by atoms with E-state index < -0.39 is 4.92 Å². The number of hydrogen-bond donors (Lipinski definition) is 1. The summed E-state index contributed by atoms with van der Waals surface area (Å²) in [7, 11) is 0. The Hall–Kier alpha value is -2.48. The maximum absolute atomic E-state index is 12.6. The molecule has 3 rings (SSSR count). The third-order valence-electron chi connectivity index (χ3n) is 3.73. The van der Waals surface area contributed by atoms with Crippen LogP contribution >= 0.6 is 35.4 Å². The Morgan fingerprint density at radius 2 is 1.92 bits per heavy atom. The Morgan fingerprint density at radius 1 is 1.19 bits per heavy atom. The first-order valence-electron chi connectivity index (χ1n) is 7.38. The Bertz CT molecular complexity index is 962. The van der Waals surface area contributed by atoms with Crippen LogP contribution in [0.1, 0.15) is 11.1 Å². The van der Waals surface area contributed by atoms with Gasteiger partial charge in [-0.05, 0) is 41.6 Å². The van der Waals surface area contributed by atoms with Gasteiger partial charge in [0.05, 0.1) is 11.5 Å². The fourth-order valence-corrected chi connectivity index (χ4v) is 3.08. The van der Waals surface area contributed by atoms with Crippen molar-refractivity contribution in [1.29, 1.82) is 0 Å². The molecule has 1 heterocycles. The van der Waals surface area contributed by atoms with Crippen LogP contribution in [0.25, 0.3) is 6.08 Å². The van der Waals surface area contributed by atoms with Gasteiger partial charge in [-0.15, -0.1) is 0 Å². The van der Waals surface area contributed by atoms with Gasteiger partial charge < -0.3 is 5.32 Å². The van der Waals surface area contributed by atoms with E-state index in [4.69, 9.17) is 35.4 Å². The molecule has 1 aliphatic heterocycles. The highest BCUT2D eigenvalue weighted by atomic mass is 35.5. The Balaban J connectivity index is 1.87. The van der Waals surface area contributed by atoms with E-state index in [0.29, 0.717) is 10.6 Å². The van der Waals surface area contributed by atoms with Gasteiger partial charge in [0.1, 0.15) is 10.7 Å². The third kappa shape index (κ3) is 3.70. The number of nitrogens with zero attached hydrogens (tertiary/aromatic N) is 2. The maximum Gasteiger partial charge on any atom is 0.288 e. The van der Waals surface area contributed by atoms with Gasteiger partial charge in [0, 0.05) is 11.1 Å². The van der Waals surface area contributed by atoms with E-state index in [9.17, 15) is 14.9 Å². The second-order valence-electron chi connectivity index (χ2n) is 5.44. The molecule has 0 spiro atoms. The molecule has 0 radical (unpaired) electrons. The van der Waals surface area contributed by atoms with Crippen molar-refractivity contribution in [2.24, 2.45) is 0 Å². The van der Waals surface area contributed by atoms with Gasteiger partial charge in [-0.2, -0.15) is 0 Å². The molecule has 26 heavy (non-hydrogen) atoms. The monoisotopic (exact) mass is 407 g/mol. The van der Waals surface area contributed by atoms with Crippen molar-refractivity contribution in [2.75, 3.05) is 0 Å². The highest BCUT2D eigenvalue weighted by Gasteiger charge is 2.31. The standard InChI is InChI=1S/C17H11Cl2N3O3S/c18-12-4-2-1-3-11(12)9-21-16(23)14(20-17(21)26)7-10-5-6-13(19)15(8-10)22(24)25/h1-8H,9H2,(H,20,26)/b14-7-. The number of nitrogens with one attached hydrogen (secondary N) is 1. The Labute approximate surface area is 164 Å². The van der Waals surface area contributed by atoms with E-state index in [1.54, 1.807) is 18.2 Å². The molecule has 0 aromatic heterocycles. The van der Waals surface area contributed by atoms with Gasteiger partial charge in [0.25, 0.3) is 11.6 Å². The Kier molecular flexibility index (Phi) is 5.22. The summed E-state index contributed by atoms with van der Waals surface area (Å²) >= 11 is 17.2. The van der Waals surface area contributed by atoms with Crippen LogP contribution < -0.4 is 5.32 Å². The molecule has 1 aliphatic rings. The van der Waals surface area contributed by atoms with Gasteiger partial charge in [0.2, 0.25) is 0 Å². The van der Waals surface area contributed by atoms with Gasteiger partial charge in [-0.3, -0.25) is 19.8 Å². The van der Waals surface area contributed by atoms with Crippen molar-refractivity contribution >= 4 is 58.2 Å². The van der Waals surface area contributed by atoms with Crippen LogP contribution in [0.2, 0.25) is 10.0 Å². The van der Waals surface area contributed by atoms with E-state index in [1.165, 1.54) is 23.1 Å². The zero-order valence-electron chi connectivity index (χ0n) is 13.1. The molecule has 9 heteroatoms. The second-order valence-corrected chi connectivity index (χ2v) is 6.64. The highest BCUT2D eigenvalue weighted by Crippen LogP contribution is 2.27. The summed E-state index contributed by atoms with van der Waals surface area (Å²) in [4.78, 5) is 24.4. The molecule has 0 unspecified atom stereocenters. The first kappa shape index (κ1) is 18.3. The fourth-order valence-electron chi connectivity index (χ4n) is 2.44. The first-order valence-corrected chi connectivity index (χ1v) is 8.55. The highest BCUT2D eigenvalue weighted by molar-refractivity contribution is 7.80. The van der Waals surface area contributed by atoms with E-state index in [-0.39, 0.29) is 34.0 Å². The second kappa shape index (κ2) is 7.41. The van der Waals surface area contributed by atoms with Crippen molar-refractivity contribution in [1.82, 2.24) is 10.2 Å². The summed E-state index contributed by atoms with van der Waals surface area (Å²) in [6.45, 7) is 0.225. The molecule has 132 valence electrons. The summed E-state index contributed by atoms with van der Waals surface area (Å²) < 4.78 is 0. The minimum atomic E-state index is -0.581. The number of carbonyl (C=O) groups is 1. The number of amides is 1. The lowest BCUT2D eigenvalue weighted by Crippen LogP contribution is -2.30. The molecule has 0 aliphatic carbocycles. The molecule has 0 atom stereocenters. The van der Waals surface area contributed by atoms with E-state index in [1.807, 2.05) is 12.1 Å². The van der Waals surface area contributed by atoms with Crippen LogP contribution in [0.15, 0.2) is 48.2 Å². The molecule has 0 saturated carbocycles. The average Bonchev–Trinajstić information content (AvgIpc) is 2.85. The molecule has 6 nitrogen and oxygen atoms in total. The normalized spacial score (nSPS) is 15.5. The van der Waals surface area contributed by atoms with Crippen molar-refractivity contribution in [3.8, 4) is 0 Å². The fraction of sp³-hybridized carbons (Fsp3) is 0.0588. The molecule has 1 amide bonds. The zero-order valence-corrected chi connectivity index (χ0v) is 15.4. The van der Waals surface area contributed by atoms with E-state index in [2.05, 4.69) is 5.32 Å². The van der Waals surface area contributed by atoms with E-state index in [0.717, 1.165) is 5.56 Å². The molecule has 0 bridgehead atoms. The lowest BCUT2D eigenvalue weighted by molar-refractivity contribution is -0.384. The van der Waals surface area contributed by atoms with Crippen LogP contribution in [-0.4, -0.2) is 20.8 Å². The van der Waals surface area contributed by atoms with Crippen LogP contribution in [0, 0.1) is 10.1 Å². The van der Waals surface area contributed by atoms with Crippen LogP contribution in [0.4, 0.5) is 5.69 Å². The summed E-state index contributed by atoms with van der Waals surface area (Å²) in [5.41, 5.74) is 1.20. The summed E-state index contributed by atoms with van der Waals surface area (Å²) in [5.74, 6) is -0.340. The predicted octanol–water partition coefficient (Wildman–Crippen LogP) is 4.16. The summed E-state index contributed by atoms with van der Waals surface area (Å²) in [6, 6.07) is 11.4. The van der Waals surface area contributed by atoms with Gasteiger partial charge in [-0.1, -0.05) is 47.5 Å². The van der Waals surface area contributed by atoms with Gasteiger partial charge >= 0.3 is 0 Å². The SMILES string of the molecule is O=C1/C(=C/c2ccc(Cl)c([N+](=O)[O-])c2)NC(=S)N1Cc1ccccc1Cl. The lowest BCUT2D eigenvalue weighted by Gasteiger charge is -2.14. The zero-order chi connectivity index (χ0) is 18.8. The smallest absolute Gasteiger partial charge is 0.288 e. The largest absolute Gasteiger partial charge is 0.328 e. The number of nitro benzene ring substituents is 1. The Morgan fingerprint density at radius 3 is 2.62 bits per heavy atom. The lowest BCUT2D eigenvalue weighted by atomic mass is 10.1. The number of benzene rings is 2. The van der Waals surface area contributed by atoms with Crippen LogP contribution in [-0.2, 0) is 11.3 Å². The molecule has 2 aromatic rings. The molecule has 1 saturated heterocycles. The molecular weight excluding hydrogens is 397 g/mol. The predicted molar refractivity (Wildman–Crippen MR) is 104 cm³/mol. The van der Waals surface area contributed by atoms with Crippen molar-refractivity contribution in [2.45, 2.75) is 6.54 Å². The minimum Gasteiger partial charge on any atom is -0.328 e. The number of rotatable bonds is 4. The van der Waals surface area contributed by atoms with Crippen molar-refractivity contribution in [3.05, 3.63) is 79.4 Å². The molecule has 2 aromatic carbocycles. The molecule has 1 fully saturated rings. The maximum atomic E-state index is 12.6. The average molecular weight is 408 g/mol. The number of carbonyl (C=O) groups excluding carboxylic acids is 1. The van der Waals surface area contributed by atoms with Gasteiger partial charge in [-0.25, -0.2) is 0 Å². The third-order valence-corrected chi connectivity index (χ3v) is 4.74. The number of thiocarbonyl (C=S) groups is 1. The summed E-state index contributed by atoms with van der Waals surface area (Å²) in [5, 5.41) is 14.6. The van der Waals surface area contributed by atoms with Gasteiger partial charge in [0.15, 0.2) is 5.11 Å². The molecule has 1 N–H and O–H groups in total. The van der Waals surface area contributed by atoms with Crippen LogP contribution in [0.5, 0.6) is 0 Å². The topological polar surface area (TPSA) is 75.5 Å².